The van der Waals surface area contributed by atoms with Gasteiger partial charge in [-0.1, -0.05) is 42.5 Å². The van der Waals surface area contributed by atoms with E-state index in [0.29, 0.717) is 12.8 Å². The summed E-state index contributed by atoms with van der Waals surface area (Å²) in [4.78, 5) is 23.6. The summed E-state index contributed by atoms with van der Waals surface area (Å²) in [7, 11) is 0. The largest absolute Gasteiger partial charge is 0.368 e. The minimum atomic E-state index is -0.814. The van der Waals surface area contributed by atoms with Crippen molar-refractivity contribution in [3.05, 3.63) is 71.5 Å². The van der Waals surface area contributed by atoms with Crippen LogP contribution >= 0.6 is 0 Å². The molecule has 0 aliphatic heterocycles. The Kier molecular flexibility index (Phi) is 5.86. The van der Waals surface area contributed by atoms with Crippen molar-refractivity contribution in [2.45, 2.75) is 25.3 Å². The summed E-state index contributed by atoms with van der Waals surface area (Å²) in [5, 5.41) is 2.51. The number of rotatable bonds is 7. The van der Waals surface area contributed by atoms with E-state index < -0.39 is 23.7 Å². The summed E-state index contributed by atoms with van der Waals surface area (Å²) in [6.07, 6.45) is 1.87. The Balaban J connectivity index is 1.92. The van der Waals surface area contributed by atoms with Gasteiger partial charge >= 0.3 is 0 Å². The highest BCUT2D eigenvalue weighted by Gasteiger charge is 2.20. The molecule has 0 aromatic heterocycles. The zero-order valence-electron chi connectivity index (χ0n) is 12.7. The van der Waals surface area contributed by atoms with Crippen LogP contribution in [0.1, 0.15) is 28.8 Å². The molecular formula is C18H19FN2O2. The second-order valence-corrected chi connectivity index (χ2v) is 5.29. The van der Waals surface area contributed by atoms with Crippen molar-refractivity contribution in [3.8, 4) is 0 Å². The van der Waals surface area contributed by atoms with Gasteiger partial charge in [-0.25, -0.2) is 4.39 Å². The van der Waals surface area contributed by atoms with E-state index in [9.17, 15) is 14.0 Å². The molecule has 2 aromatic carbocycles. The molecule has 120 valence electrons. The number of aryl methyl sites for hydroxylation is 1. The Labute approximate surface area is 134 Å². The molecule has 0 unspecified atom stereocenters. The Hall–Kier alpha value is -2.69. The van der Waals surface area contributed by atoms with E-state index in [2.05, 4.69) is 5.32 Å². The van der Waals surface area contributed by atoms with Crippen LogP contribution in [0.25, 0.3) is 0 Å². The summed E-state index contributed by atoms with van der Waals surface area (Å²) in [6.45, 7) is 0. The number of amides is 2. The first-order valence-electron chi connectivity index (χ1n) is 7.46. The van der Waals surface area contributed by atoms with Crippen LogP contribution in [0.2, 0.25) is 0 Å². The van der Waals surface area contributed by atoms with Crippen LogP contribution in [0, 0.1) is 5.82 Å². The van der Waals surface area contributed by atoms with E-state index >= 15 is 0 Å². The van der Waals surface area contributed by atoms with Crippen molar-refractivity contribution >= 4 is 11.8 Å². The van der Waals surface area contributed by atoms with E-state index in [1.165, 1.54) is 18.2 Å². The van der Waals surface area contributed by atoms with Gasteiger partial charge in [0.2, 0.25) is 5.91 Å². The van der Waals surface area contributed by atoms with Crippen molar-refractivity contribution in [1.29, 1.82) is 0 Å². The summed E-state index contributed by atoms with van der Waals surface area (Å²) < 4.78 is 13.6. The molecule has 3 N–H and O–H groups in total. The molecule has 4 nitrogen and oxygen atoms in total. The van der Waals surface area contributed by atoms with E-state index in [0.717, 1.165) is 12.0 Å². The van der Waals surface area contributed by atoms with Crippen LogP contribution in [-0.2, 0) is 11.2 Å². The number of hydrogen-bond acceptors (Lipinski definition) is 2. The third-order valence-corrected chi connectivity index (χ3v) is 3.57. The highest BCUT2D eigenvalue weighted by molar-refractivity contribution is 5.97. The molecule has 0 bridgehead atoms. The Morgan fingerprint density at radius 2 is 1.70 bits per heavy atom. The molecule has 0 heterocycles. The van der Waals surface area contributed by atoms with E-state index in [1.807, 2.05) is 30.3 Å². The first-order valence-corrected chi connectivity index (χ1v) is 7.46. The van der Waals surface area contributed by atoms with Crippen LogP contribution in [0.4, 0.5) is 4.39 Å². The number of carbonyl (C=O) groups is 2. The third kappa shape index (κ3) is 4.92. The molecule has 2 amide bonds. The monoisotopic (exact) mass is 314 g/mol. The number of nitrogens with two attached hydrogens (primary N) is 1. The minimum absolute atomic E-state index is 0.0955. The Morgan fingerprint density at radius 1 is 1.04 bits per heavy atom. The van der Waals surface area contributed by atoms with Gasteiger partial charge in [-0.2, -0.15) is 0 Å². The summed E-state index contributed by atoms with van der Waals surface area (Å²) in [6, 6.07) is 14.6. The maximum atomic E-state index is 13.6. The van der Waals surface area contributed by atoms with Crippen LogP contribution in [0.3, 0.4) is 0 Å². The molecule has 0 fully saturated rings. The molecule has 0 radical (unpaired) electrons. The summed E-state index contributed by atoms with van der Waals surface area (Å²) >= 11 is 0. The van der Waals surface area contributed by atoms with Gasteiger partial charge in [0.15, 0.2) is 0 Å². The van der Waals surface area contributed by atoms with E-state index in [4.69, 9.17) is 5.73 Å². The lowest BCUT2D eigenvalue weighted by molar-refractivity contribution is -0.120. The van der Waals surface area contributed by atoms with Gasteiger partial charge in [0.1, 0.15) is 11.9 Å². The lowest BCUT2D eigenvalue weighted by atomic mass is 10.0. The molecular weight excluding hydrogens is 295 g/mol. The maximum absolute atomic E-state index is 13.6. The predicted octanol–water partition coefficient (Wildman–Crippen LogP) is 2.43. The molecule has 2 aromatic rings. The Bertz CT molecular complexity index is 674. The quantitative estimate of drug-likeness (QED) is 0.824. The molecule has 0 saturated heterocycles. The number of carbonyl (C=O) groups excluding carboxylic acids is 2. The fraction of sp³-hybridized carbons (Fsp3) is 0.222. The molecule has 0 saturated carbocycles. The summed E-state index contributed by atoms with van der Waals surface area (Å²) in [5.74, 6) is -1.88. The van der Waals surface area contributed by atoms with E-state index in [1.54, 1.807) is 6.07 Å². The predicted molar refractivity (Wildman–Crippen MR) is 86.2 cm³/mol. The van der Waals surface area contributed by atoms with Gasteiger partial charge in [-0.3, -0.25) is 9.59 Å². The lowest BCUT2D eigenvalue weighted by Gasteiger charge is -2.15. The Morgan fingerprint density at radius 3 is 2.35 bits per heavy atom. The van der Waals surface area contributed by atoms with Gasteiger partial charge in [0.05, 0.1) is 5.56 Å². The molecule has 1 atom stereocenters. The molecule has 0 spiro atoms. The van der Waals surface area contributed by atoms with Crippen molar-refractivity contribution in [1.82, 2.24) is 5.32 Å². The third-order valence-electron chi connectivity index (χ3n) is 3.57. The van der Waals surface area contributed by atoms with Crippen molar-refractivity contribution in [2.24, 2.45) is 5.73 Å². The smallest absolute Gasteiger partial charge is 0.254 e. The van der Waals surface area contributed by atoms with Crippen LogP contribution in [0.15, 0.2) is 54.6 Å². The highest BCUT2D eigenvalue weighted by Crippen LogP contribution is 2.09. The molecule has 0 aliphatic carbocycles. The van der Waals surface area contributed by atoms with Crippen molar-refractivity contribution in [3.63, 3.8) is 0 Å². The van der Waals surface area contributed by atoms with Gasteiger partial charge in [0.25, 0.3) is 5.91 Å². The number of benzene rings is 2. The molecule has 5 heteroatoms. The van der Waals surface area contributed by atoms with Gasteiger partial charge in [0, 0.05) is 0 Å². The van der Waals surface area contributed by atoms with Gasteiger partial charge < -0.3 is 11.1 Å². The molecule has 23 heavy (non-hydrogen) atoms. The topological polar surface area (TPSA) is 72.2 Å². The van der Waals surface area contributed by atoms with E-state index in [-0.39, 0.29) is 5.56 Å². The SMILES string of the molecule is NC(=O)[C@H](CCCc1ccccc1)NC(=O)c1ccccc1F. The zero-order chi connectivity index (χ0) is 16.7. The zero-order valence-corrected chi connectivity index (χ0v) is 12.7. The maximum Gasteiger partial charge on any atom is 0.254 e. The first-order chi connectivity index (χ1) is 11.1. The highest BCUT2D eigenvalue weighted by atomic mass is 19.1. The van der Waals surface area contributed by atoms with Crippen molar-refractivity contribution in [2.75, 3.05) is 0 Å². The number of nitrogens with one attached hydrogen (secondary N) is 1. The van der Waals surface area contributed by atoms with Crippen LogP contribution in [-0.4, -0.2) is 17.9 Å². The lowest BCUT2D eigenvalue weighted by Crippen LogP contribution is -2.44. The van der Waals surface area contributed by atoms with Crippen molar-refractivity contribution < 1.29 is 14.0 Å². The average Bonchev–Trinajstić information content (AvgIpc) is 2.55. The van der Waals surface area contributed by atoms with Gasteiger partial charge in [-0.05, 0) is 37.0 Å². The number of halogens is 1. The normalized spacial score (nSPS) is 11.7. The average molecular weight is 314 g/mol. The minimum Gasteiger partial charge on any atom is -0.368 e. The molecule has 2 rings (SSSR count). The first kappa shape index (κ1) is 16.7. The van der Waals surface area contributed by atoms with Gasteiger partial charge in [-0.15, -0.1) is 0 Å². The van der Waals surface area contributed by atoms with Crippen LogP contribution in [0.5, 0.6) is 0 Å². The second-order valence-electron chi connectivity index (χ2n) is 5.29. The van der Waals surface area contributed by atoms with Crippen LogP contribution < -0.4 is 11.1 Å². The molecule has 0 aliphatic rings. The summed E-state index contributed by atoms with van der Waals surface area (Å²) in [5.41, 5.74) is 6.39. The number of hydrogen-bond donors (Lipinski definition) is 2. The standard InChI is InChI=1S/C18H19FN2O2/c19-15-11-5-4-10-14(15)18(23)21-16(17(20)22)12-6-9-13-7-2-1-3-8-13/h1-5,7-8,10-11,16H,6,9,12H2,(H2,20,22)(H,21,23)/t16-/m0/s1. The fourth-order valence-electron chi connectivity index (χ4n) is 2.32. The second kappa shape index (κ2) is 8.08. The number of primary amides is 1. The fourth-order valence-corrected chi connectivity index (χ4v) is 2.32.